The summed E-state index contributed by atoms with van der Waals surface area (Å²) in [7, 11) is 0. The van der Waals surface area contributed by atoms with Gasteiger partial charge in [-0.15, -0.1) is 0 Å². The molecule has 0 aliphatic rings. The van der Waals surface area contributed by atoms with Crippen molar-refractivity contribution in [2.24, 2.45) is 5.16 Å². The molecule has 0 atom stereocenters. The molecule has 1 N–H and O–H groups in total. The molecule has 0 fully saturated rings. The van der Waals surface area contributed by atoms with Crippen molar-refractivity contribution in [2.75, 3.05) is 0 Å². The van der Waals surface area contributed by atoms with Crippen molar-refractivity contribution in [2.45, 2.75) is 6.42 Å². The Kier molecular flexibility index (Phi) is 3.23. The summed E-state index contributed by atoms with van der Waals surface area (Å²) in [4.78, 5) is 8.10. The Balaban J connectivity index is 2.20. The van der Waals surface area contributed by atoms with E-state index in [1.165, 1.54) is 0 Å². The van der Waals surface area contributed by atoms with Gasteiger partial charge in [-0.2, -0.15) is 0 Å². The van der Waals surface area contributed by atoms with Crippen LogP contribution >= 0.6 is 0 Å². The topological polar surface area (TPSA) is 58.4 Å². The second kappa shape index (κ2) is 5.02. The van der Waals surface area contributed by atoms with Gasteiger partial charge in [-0.05, 0) is 24.3 Å². The van der Waals surface area contributed by atoms with Gasteiger partial charge in [0.1, 0.15) is 0 Å². The fourth-order valence-electron chi connectivity index (χ4n) is 1.41. The minimum atomic E-state index is 0.501. The van der Waals surface area contributed by atoms with Crippen LogP contribution in [0.2, 0.25) is 0 Å². The molecule has 2 rings (SSSR count). The smallest absolute Gasteiger partial charge is 0.0928 e. The molecule has 4 heteroatoms. The normalized spacial score (nSPS) is 11.4. The maximum Gasteiger partial charge on any atom is 0.0928 e. The van der Waals surface area contributed by atoms with E-state index in [0.29, 0.717) is 12.1 Å². The zero-order chi connectivity index (χ0) is 11.2. The number of aromatic nitrogens is 2. The molecule has 0 spiro atoms. The lowest BCUT2D eigenvalue weighted by Crippen LogP contribution is -2.06. The summed E-state index contributed by atoms with van der Waals surface area (Å²) in [6.45, 7) is 0. The van der Waals surface area contributed by atoms with Gasteiger partial charge in [-0.1, -0.05) is 11.2 Å². The summed E-state index contributed by atoms with van der Waals surface area (Å²) in [6.07, 6.45) is 5.55. The van der Waals surface area contributed by atoms with Crippen LogP contribution in [0.4, 0.5) is 0 Å². The van der Waals surface area contributed by atoms with Crippen LogP contribution in [0.5, 0.6) is 0 Å². The van der Waals surface area contributed by atoms with Crippen molar-refractivity contribution in [3.63, 3.8) is 0 Å². The van der Waals surface area contributed by atoms with E-state index >= 15 is 0 Å². The van der Waals surface area contributed by atoms with Crippen molar-refractivity contribution in [3.05, 3.63) is 60.2 Å². The largest absolute Gasteiger partial charge is 0.411 e. The number of oxime groups is 1. The quantitative estimate of drug-likeness (QED) is 0.481. The molecule has 0 saturated heterocycles. The highest BCUT2D eigenvalue weighted by molar-refractivity contribution is 6.01. The first-order chi connectivity index (χ1) is 7.90. The van der Waals surface area contributed by atoms with E-state index in [1.807, 2.05) is 18.2 Å². The van der Waals surface area contributed by atoms with Crippen molar-refractivity contribution < 1.29 is 5.21 Å². The lowest BCUT2D eigenvalue weighted by molar-refractivity contribution is 0.318. The van der Waals surface area contributed by atoms with E-state index < -0.39 is 0 Å². The fourth-order valence-corrected chi connectivity index (χ4v) is 1.41. The van der Waals surface area contributed by atoms with E-state index in [9.17, 15) is 0 Å². The molecule has 2 heterocycles. The Morgan fingerprint density at radius 2 is 1.94 bits per heavy atom. The molecule has 0 aromatic carbocycles. The van der Waals surface area contributed by atoms with Gasteiger partial charge in [-0.25, -0.2) is 0 Å². The Labute approximate surface area is 93.3 Å². The molecule has 0 aliphatic carbocycles. The van der Waals surface area contributed by atoms with Crippen LogP contribution in [0.1, 0.15) is 11.3 Å². The second-order valence-electron chi connectivity index (χ2n) is 3.28. The van der Waals surface area contributed by atoms with Crippen LogP contribution in [0.25, 0.3) is 0 Å². The van der Waals surface area contributed by atoms with Crippen molar-refractivity contribution in [1.29, 1.82) is 0 Å². The molecular weight excluding hydrogens is 202 g/mol. The van der Waals surface area contributed by atoms with E-state index in [-0.39, 0.29) is 0 Å². The summed E-state index contributed by atoms with van der Waals surface area (Å²) >= 11 is 0. The maximum atomic E-state index is 8.98. The van der Waals surface area contributed by atoms with Crippen molar-refractivity contribution in [3.8, 4) is 0 Å². The maximum absolute atomic E-state index is 8.98. The minimum Gasteiger partial charge on any atom is -0.411 e. The number of pyridine rings is 2. The molecular formula is C12H11N3O. The van der Waals surface area contributed by atoms with Gasteiger partial charge < -0.3 is 5.21 Å². The molecule has 0 bridgehead atoms. The Hall–Kier alpha value is -2.23. The second-order valence-corrected chi connectivity index (χ2v) is 3.28. The molecule has 0 saturated carbocycles. The van der Waals surface area contributed by atoms with Gasteiger partial charge in [0.25, 0.3) is 0 Å². The van der Waals surface area contributed by atoms with Crippen LogP contribution in [0.15, 0.2) is 54.1 Å². The molecule has 16 heavy (non-hydrogen) atoms. The SMILES string of the molecule is O/N=C(/Cc1ccccn1)c1ccncc1. The molecule has 0 aliphatic heterocycles. The lowest BCUT2D eigenvalue weighted by atomic mass is 10.1. The third-order valence-electron chi connectivity index (χ3n) is 2.21. The number of rotatable bonds is 3. The van der Waals surface area contributed by atoms with Crippen LogP contribution in [0, 0.1) is 0 Å². The molecule has 2 aromatic rings. The molecule has 4 nitrogen and oxygen atoms in total. The number of hydrogen-bond acceptors (Lipinski definition) is 4. The highest BCUT2D eigenvalue weighted by Gasteiger charge is 2.05. The van der Waals surface area contributed by atoms with Gasteiger partial charge in [-0.3, -0.25) is 9.97 Å². The number of hydrogen-bond donors (Lipinski definition) is 1. The highest BCUT2D eigenvalue weighted by Crippen LogP contribution is 2.05. The standard InChI is InChI=1S/C12H11N3O/c16-15-12(10-4-7-13-8-5-10)9-11-3-1-2-6-14-11/h1-8,16H,9H2/b15-12-. The van der Waals surface area contributed by atoms with Crippen molar-refractivity contribution >= 4 is 5.71 Å². The van der Waals surface area contributed by atoms with Gasteiger partial charge in [0.15, 0.2) is 0 Å². The predicted octanol–water partition coefficient (Wildman–Crippen LogP) is 1.90. The first kappa shape index (κ1) is 10.3. The van der Waals surface area contributed by atoms with Crippen molar-refractivity contribution in [1.82, 2.24) is 9.97 Å². The van der Waals surface area contributed by atoms with Gasteiger partial charge in [0.05, 0.1) is 5.71 Å². The molecule has 80 valence electrons. The highest BCUT2D eigenvalue weighted by atomic mass is 16.4. The van der Waals surface area contributed by atoms with Crippen LogP contribution in [-0.2, 0) is 6.42 Å². The Morgan fingerprint density at radius 1 is 1.12 bits per heavy atom. The summed E-state index contributed by atoms with van der Waals surface area (Å²) in [5, 5.41) is 12.3. The van der Waals surface area contributed by atoms with Gasteiger partial charge in [0.2, 0.25) is 0 Å². The summed E-state index contributed by atoms with van der Waals surface area (Å²) in [5.41, 5.74) is 2.30. The zero-order valence-corrected chi connectivity index (χ0v) is 8.61. The molecule has 0 unspecified atom stereocenters. The third-order valence-corrected chi connectivity index (χ3v) is 2.21. The molecule has 2 aromatic heterocycles. The Morgan fingerprint density at radius 3 is 2.56 bits per heavy atom. The molecule has 0 radical (unpaired) electrons. The van der Waals surface area contributed by atoms with E-state index in [1.54, 1.807) is 30.7 Å². The summed E-state index contributed by atoms with van der Waals surface area (Å²) in [5.74, 6) is 0. The van der Waals surface area contributed by atoms with Gasteiger partial charge in [0, 0.05) is 36.3 Å². The lowest BCUT2D eigenvalue weighted by Gasteiger charge is -2.03. The average molecular weight is 213 g/mol. The Bertz CT molecular complexity index is 468. The van der Waals surface area contributed by atoms with Gasteiger partial charge >= 0.3 is 0 Å². The number of nitrogens with zero attached hydrogens (tertiary/aromatic N) is 3. The van der Waals surface area contributed by atoms with Crippen LogP contribution in [0.3, 0.4) is 0 Å². The van der Waals surface area contributed by atoms with Crippen LogP contribution < -0.4 is 0 Å². The van der Waals surface area contributed by atoms with E-state index in [4.69, 9.17) is 5.21 Å². The average Bonchev–Trinajstić information content (AvgIpc) is 2.38. The summed E-state index contributed by atoms with van der Waals surface area (Å²) in [6, 6.07) is 9.26. The fraction of sp³-hybridized carbons (Fsp3) is 0.0833. The van der Waals surface area contributed by atoms with E-state index in [0.717, 1.165) is 11.3 Å². The first-order valence-electron chi connectivity index (χ1n) is 4.91. The predicted molar refractivity (Wildman–Crippen MR) is 60.5 cm³/mol. The molecule has 0 amide bonds. The monoisotopic (exact) mass is 213 g/mol. The van der Waals surface area contributed by atoms with E-state index in [2.05, 4.69) is 15.1 Å². The first-order valence-corrected chi connectivity index (χ1v) is 4.91. The minimum absolute atomic E-state index is 0.501. The summed E-state index contributed by atoms with van der Waals surface area (Å²) < 4.78 is 0. The zero-order valence-electron chi connectivity index (χ0n) is 8.61. The van der Waals surface area contributed by atoms with Crippen LogP contribution in [-0.4, -0.2) is 20.9 Å². The third kappa shape index (κ3) is 2.42.